The Bertz CT molecular complexity index is 852. The molecular formula is C21H25ClN2O5. The van der Waals surface area contributed by atoms with Crippen molar-refractivity contribution in [2.24, 2.45) is 0 Å². The maximum atomic E-state index is 11.5. The van der Waals surface area contributed by atoms with Crippen molar-refractivity contribution in [2.45, 2.75) is 25.0 Å². The van der Waals surface area contributed by atoms with Crippen LogP contribution in [0.2, 0.25) is 5.02 Å². The SMILES string of the molecule is CNC(=O)COC(=O)NCCC[C@H]1OC[C@H](c2ccc(Cl)c3ccccc32)CO1. The summed E-state index contributed by atoms with van der Waals surface area (Å²) in [7, 11) is 1.48. The van der Waals surface area contributed by atoms with E-state index in [9.17, 15) is 9.59 Å². The topological polar surface area (TPSA) is 85.9 Å². The minimum absolute atomic E-state index is 0.145. The van der Waals surface area contributed by atoms with Gasteiger partial charge in [0, 0.05) is 36.3 Å². The zero-order chi connectivity index (χ0) is 20.6. The number of carbonyl (C=O) groups excluding carboxylic acids is 2. The number of carbonyl (C=O) groups is 2. The Morgan fingerprint density at radius 3 is 2.59 bits per heavy atom. The van der Waals surface area contributed by atoms with Crippen molar-refractivity contribution in [3.05, 3.63) is 47.0 Å². The molecular weight excluding hydrogens is 396 g/mol. The molecule has 0 radical (unpaired) electrons. The van der Waals surface area contributed by atoms with E-state index in [1.165, 1.54) is 12.6 Å². The number of nitrogens with one attached hydrogen (secondary N) is 2. The van der Waals surface area contributed by atoms with E-state index in [-0.39, 0.29) is 24.7 Å². The summed E-state index contributed by atoms with van der Waals surface area (Å²) in [6, 6.07) is 12.0. The van der Waals surface area contributed by atoms with Gasteiger partial charge in [0.2, 0.25) is 0 Å². The molecule has 0 aliphatic carbocycles. The van der Waals surface area contributed by atoms with Gasteiger partial charge in [0.05, 0.1) is 13.2 Å². The minimum atomic E-state index is -0.617. The van der Waals surface area contributed by atoms with Crippen molar-refractivity contribution in [1.82, 2.24) is 10.6 Å². The first-order chi connectivity index (χ1) is 14.1. The highest BCUT2D eigenvalue weighted by molar-refractivity contribution is 6.35. The van der Waals surface area contributed by atoms with E-state index < -0.39 is 6.09 Å². The summed E-state index contributed by atoms with van der Waals surface area (Å²) in [4.78, 5) is 22.5. The average Bonchev–Trinajstić information content (AvgIpc) is 2.76. The Hall–Kier alpha value is -2.35. The number of amides is 2. The van der Waals surface area contributed by atoms with Crippen molar-refractivity contribution < 1.29 is 23.8 Å². The van der Waals surface area contributed by atoms with Crippen molar-refractivity contribution in [2.75, 3.05) is 33.4 Å². The van der Waals surface area contributed by atoms with Crippen molar-refractivity contribution in [3.8, 4) is 0 Å². The zero-order valence-corrected chi connectivity index (χ0v) is 17.0. The minimum Gasteiger partial charge on any atom is -0.439 e. The summed E-state index contributed by atoms with van der Waals surface area (Å²) >= 11 is 6.31. The molecule has 0 bridgehead atoms. The molecule has 1 aliphatic heterocycles. The molecule has 0 saturated carbocycles. The third-order valence-corrected chi connectivity index (χ3v) is 5.14. The number of likely N-dealkylation sites (N-methyl/N-ethyl adjacent to an activating group) is 1. The molecule has 2 N–H and O–H groups in total. The van der Waals surface area contributed by atoms with Gasteiger partial charge in [-0.25, -0.2) is 4.79 Å². The summed E-state index contributed by atoms with van der Waals surface area (Å²) in [5, 5.41) is 7.86. The summed E-state index contributed by atoms with van der Waals surface area (Å²) in [6.07, 6.45) is 0.417. The molecule has 156 valence electrons. The number of benzene rings is 2. The molecule has 7 nitrogen and oxygen atoms in total. The van der Waals surface area contributed by atoms with E-state index in [2.05, 4.69) is 16.7 Å². The highest BCUT2D eigenvalue weighted by atomic mass is 35.5. The van der Waals surface area contributed by atoms with E-state index in [0.29, 0.717) is 32.6 Å². The number of hydrogen-bond acceptors (Lipinski definition) is 5. The number of halogens is 1. The van der Waals surface area contributed by atoms with Crippen LogP contribution in [-0.2, 0) is 19.0 Å². The van der Waals surface area contributed by atoms with Crippen LogP contribution in [0.3, 0.4) is 0 Å². The fourth-order valence-electron chi connectivity index (χ4n) is 3.24. The molecule has 0 spiro atoms. The number of fused-ring (bicyclic) bond motifs is 1. The second kappa shape index (κ2) is 10.4. The first-order valence-electron chi connectivity index (χ1n) is 9.60. The standard InChI is InChI=1S/C21H25ClN2O5/c1-23-19(25)13-29-21(26)24-10-4-7-20-27-11-14(12-28-20)15-8-9-18(22)17-6-3-2-5-16(15)17/h2-3,5-6,8-9,14,20H,4,7,10-13H2,1H3,(H,23,25)(H,24,26)/t14-,20-. The van der Waals surface area contributed by atoms with Gasteiger partial charge in [0.15, 0.2) is 12.9 Å². The summed E-state index contributed by atoms with van der Waals surface area (Å²) in [5.74, 6) is -0.210. The number of ether oxygens (including phenoxy) is 3. The molecule has 1 saturated heterocycles. The van der Waals surface area contributed by atoms with Crippen LogP contribution >= 0.6 is 11.6 Å². The van der Waals surface area contributed by atoms with Gasteiger partial charge in [-0.2, -0.15) is 0 Å². The van der Waals surface area contributed by atoms with Gasteiger partial charge in [0.25, 0.3) is 5.91 Å². The fraction of sp³-hybridized carbons (Fsp3) is 0.429. The fourth-order valence-corrected chi connectivity index (χ4v) is 3.47. The monoisotopic (exact) mass is 420 g/mol. The highest BCUT2D eigenvalue weighted by Crippen LogP contribution is 2.33. The van der Waals surface area contributed by atoms with Crippen LogP contribution in [0.4, 0.5) is 4.79 Å². The Morgan fingerprint density at radius 2 is 1.86 bits per heavy atom. The Kier molecular flexibility index (Phi) is 7.69. The van der Waals surface area contributed by atoms with Crippen LogP contribution in [0.15, 0.2) is 36.4 Å². The summed E-state index contributed by atoms with van der Waals surface area (Å²) in [6.45, 7) is 1.26. The lowest BCUT2D eigenvalue weighted by Gasteiger charge is -2.30. The van der Waals surface area contributed by atoms with E-state index in [4.69, 9.17) is 25.8 Å². The molecule has 8 heteroatoms. The van der Waals surface area contributed by atoms with Crippen molar-refractivity contribution >= 4 is 34.4 Å². The van der Waals surface area contributed by atoms with Gasteiger partial charge in [-0.1, -0.05) is 41.9 Å². The van der Waals surface area contributed by atoms with E-state index in [0.717, 1.165) is 15.8 Å². The van der Waals surface area contributed by atoms with E-state index in [1.807, 2.05) is 30.3 Å². The second-order valence-corrected chi connectivity index (χ2v) is 7.20. The molecule has 1 aliphatic rings. The normalized spacial score (nSPS) is 19.0. The van der Waals surface area contributed by atoms with Gasteiger partial charge in [0.1, 0.15) is 0 Å². The average molecular weight is 421 g/mol. The smallest absolute Gasteiger partial charge is 0.407 e. The molecule has 0 atom stereocenters. The van der Waals surface area contributed by atoms with Gasteiger partial charge in [-0.15, -0.1) is 0 Å². The molecule has 1 fully saturated rings. The summed E-state index contributed by atoms with van der Waals surface area (Å²) in [5.41, 5.74) is 1.17. The lowest BCUT2D eigenvalue weighted by atomic mass is 9.94. The van der Waals surface area contributed by atoms with Crippen LogP contribution in [0.25, 0.3) is 10.8 Å². The van der Waals surface area contributed by atoms with Gasteiger partial charge in [-0.3, -0.25) is 4.79 Å². The van der Waals surface area contributed by atoms with Crippen LogP contribution in [0.1, 0.15) is 24.3 Å². The van der Waals surface area contributed by atoms with Crippen molar-refractivity contribution in [1.29, 1.82) is 0 Å². The molecule has 0 unspecified atom stereocenters. The third-order valence-electron chi connectivity index (χ3n) is 4.81. The predicted molar refractivity (Wildman–Crippen MR) is 110 cm³/mol. The predicted octanol–water partition coefficient (Wildman–Crippen LogP) is 3.20. The first kappa shape index (κ1) is 21.4. The Balaban J connectivity index is 1.41. The van der Waals surface area contributed by atoms with Gasteiger partial charge in [-0.05, 0) is 23.4 Å². The highest BCUT2D eigenvalue weighted by Gasteiger charge is 2.24. The maximum absolute atomic E-state index is 11.5. The van der Waals surface area contributed by atoms with Crippen LogP contribution in [0.5, 0.6) is 0 Å². The van der Waals surface area contributed by atoms with Gasteiger partial charge < -0.3 is 24.8 Å². The molecule has 3 rings (SSSR count). The first-order valence-corrected chi connectivity index (χ1v) is 9.98. The van der Waals surface area contributed by atoms with Crippen LogP contribution in [-0.4, -0.2) is 51.7 Å². The molecule has 2 aromatic rings. The van der Waals surface area contributed by atoms with Crippen molar-refractivity contribution in [3.63, 3.8) is 0 Å². The van der Waals surface area contributed by atoms with E-state index >= 15 is 0 Å². The number of hydrogen-bond donors (Lipinski definition) is 2. The van der Waals surface area contributed by atoms with Crippen LogP contribution < -0.4 is 10.6 Å². The van der Waals surface area contributed by atoms with E-state index in [1.54, 1.807) is 0 Å². The Labute approximate surface area is 174 Å². The summed E-state index contributed by atoms with van der Waals surface area (Å²) < 4.78 is 16.5. The lowest BCUT2D eigenvalue weighted by Crippen LogP contribution is -2.33. The van der Waals surface area contributed by atoms with Gasteiger partial charge >= 0.3 is 6.09 Å². The molecule has 2 aromatic carbocycles. The molecule has 2 amide bonds. The maximum Gasteiger partial charge on any atom is 0.407 e. The third kappa shape index (κ3) is 5.82. The molecule has 1 heterocycles. The zero-order valence-electron chi connectivity index (χ0n) is 16.3. The lowest BCUT2D eigenvalue weighted by molar-refractivity contribution is -0.189. The number of alkyl carbamates (subject to hydrolysis) is 1. The molecule has 29 heavy (non-hydrogen) atoms. The second-order valence-electron chi connectivity index (χ2n) is 6.79. The van der Waals surface area contributed by atoms with Crippen LogP contribution in [0, 0.1) is 0 Å². The quantitative estimate of drug-likeness (QED) is 0.672. The Morgan fingerprint density at radius 1 is 1.14 bits per heavy atom. The largest absolute Gasteiger partial charge is 0.439 e. The molecule has 0 aromatic heterocycles. The number of rotatable bonds is 7.